The Morgan fingerprint density at radius 2 is 1.78 bits per heavy atom. The minimum atomic E-state index is -0.725. The molecule has 1 radical (unpaired) electrons. The van der Waals surface area contributed by atoms with Gasteiger partial charge in [0.05, 0.1) is 6.42 Å². The third-order valence-corrected chi connectivity index (χ3v) is 0.682. The summed E-state index contributed by atoms with van der Waals surface area (Å²) in [5.74, 6) is -0.725. The predicted octanol–water partition coefficient (Wildman–Crippen LogP) is 1.50. The van der Waals surface area contributed by atoms with Gasteiger partial charge in [0.25, 0.3) is 0 Å². The summed E-state index contributed by atoms with van der Waals surface area (Å²) in [6, 6.07) is 0. The van der Waals surface area contributed by atoms with Gasteiger partial charge in [-0.05, 0) is 5.41 Å². The summed E-state index contributed by atoms with van der Waals surface area (Å²) in [6.07, 6.45) is 0.243. The molecule has 0 unspecified atom stereocenters. The largest absolute Gasteiger partial charge is 0.481 e. The molecule has 0 fully saturated rings. The summed E-state index contributed by atoms with van der Waals surface area (Å²) < 4.78 is 0. The van der Waals surface area contributed by atoms with Gasteiger partial charge in [0.2, 0.25) is 0 Å². The van der Waals surface area contributed by atoms with Gasteiger partial charge in [-0.1, -0.05) is 20.8 Å². The first-order chi connectivity index (χ1) is 3.42. The molecular formula is C6H12O2Y. The Kier molecular flexibility index (Phi) is 6.00. The van der Waals surface area contributed by atoms with Gasteiger partial charge >= 0.3 is 5.97 Å². The fourth-order valence-electron chi connectivity index (χ4n) is 0.454. The van der Waals surface area contributed by atoms with Crippen LogP contribution in [0, 0.1) is 5.41 Å². The minimum absolute atomic E-state index is 0. The van der Waals surface area contributed by atoms with Crippen LogP contribution >= 0.6 is 0 Å². The van der Waals surface area contributed by atoms with Gasteiger partial charge < -0.3 is 5.11 Å². The molecular weight excluding hydrogens is 193 g/mol. The molecule has 0 heterocycles. The molecule has 0 saturated carbocycles. The van der Waals surface area contributed by atoms with Crippen LogP contribution in [0.25, 0.3) is 0 Å². The van der Waals surface area contributed by atoms with Crippen molar-refractivity contribution in [2.24, 2.45) is 5.41 Å². The molecule has 51 valence electrons. The Hall–Kier alpha value is 0.574. The number of hydrogen-bond acceptors (Lipinski definition) is 1. The molecule has 0 bridgehead atoms. The van der Waals surface area contributed by atoms with Gasteiger partial charge in [0.1, 0.15) is 0 Å². The fraction of sp³-hybridized carbons (Fsp3) is 0.833. The molecule has 2 nitrogen and oxygen atoms in total. The van der Waals surface area contributed by atoms with Crippen molar-refractivity contribution in [3.63, 3.8) is 0 Å². The van der Waals surface area contributed by atoms with Gasteiger partial charge in [0, 0.05) is 32.7 Å². The van der Waals surface area contributed by atoms with E-state index in [2.05, 4.69) is 0 Å². The summed E-state index contributed by atoms with van der Waals surface area (Å²) in [4.78, 5) is 10.0. The molecule has 0 aliphatic heterocycles. The summed E-state index contributed by atoms with van der Waals surface area (Å²) in [7, 11) is 0. The summed E-state index contributed by atoms with van der Waals surface area (Å²) in [6.45, 7) is 5.71. The number of rotatable bonds is 1. The fourth-order valence-corrected chi connectivity index (χ4v) is 0.454. The van der Waals surface area contributed by atoms with E-state index < -0.39 is 5.97 Å². The van der Waals surface area contributed by atoms with E-state index in [1.54, 1.807) is 0 Å². The van der Waals surface area contributed by atoms with Crippen LogP contribution in [0.2, 0.25) is 0 Å². The molecule has 0 aromatic heterocycles. The first kappa shape index (κ1) is 12.3. The number of carboxylic acids is 1. The molecule has 0 saturated heterocycles. The van der Waals surface area contributed by atoms with Gasteiger partial charge in [0.15, 0.2) is 0 Å². The van der Waals surface area contributed by atoms with Crippen LogP contribution in [0.4, 0.5) is 0 Å². The summed E-state index contributed by atoms with van der Waals surface area (Å²) in [5.41, 5.74) is -0.0775. The first-order valence-electron chi connectivity index (χ1n) is 2.63. The van der Waals surface area contributed by atoms with Crippen molar-refractivity contribution in [3.05, 3.63) is 0 Å². The molecule has 0 rings (SSSR count). The van der Waals surface area contributed by atoms with Crippen LogP contribution < -0.4 is 0 Å². The maximum atomic E-state index is 10.0. The van der Waals surface area contributed by atoms with Crippen LogP contribution in [-0.2, 0) is 37.5 Å². The van der Waals surface area contributed by atoms with E-state index in [1.807, 2.05) is 20.8 Å². The number of aliphatic carboxylic acids is 1. The van der Waals surface area contributed by atoms with E-state index in [1.165, 1.54) is 0 Å². The van der Waals surface area contributed by atoms with E-state index in [9.17, 15) is 4.79 Å². The standard InChI is InChI=1S/C6H12O2.Y/c1-6(2,3)4-5(7)8;/h4H2,1-3H3,(H,7,8);. The molecule has 0 spiro atoms. The Bertz CT molecular complexity index is 93.7. The third-order valence-electron chi connectivity index (χ3n) is 0.682. The second-order valence-electron chi connectivity index (χ2n) is 3.13. The molecule has 0 aromatic rings. The zero-order valence-corrected chi connectivity index (χ0v) is 8.98. The molecule has 0 aliphatic rings. The van der Waals surface area contributed by atoms with Gasteiger partial charge in [-0.15, -0.1) is 0 Å². The van der Waals surface area contributed by atoms with Crippen molar-refractivity contribution in [2.45, 2.75) is 27.2 Å². The van der Waals surface area contributed by atoms with Crippen molar-refractivity contribution >= 4 is 5.97 Å². The van der Waals surface area contributed by atoms with Crippen LogP contribution in [0.15, 0.2) is 0 Å². The Balaban J connectivity index is 0. The molecule has 3 heteroatoms. The SMILES string of the molecule is CC(C)(C)CC(=O)O.[Y]. The average Bonchev–Trinajstić information content (AvgIpc) is 1.21. The van der Waals surface area contributed by atoms with E-state index >= 15 is 0 Å². The van der Waals surface area contributed by atoms with Crippen LogP contribution in [0.5, 0.6) is 0 Å². The number of hydrogen-bond donors (Lipinski definition) is 1. The van der Waals surface area contributed by atoms with E-state index in [0.717, 1.165) is 0 Å². The molecule has 0 aromatic carbocycles. The van der Waals surface area contributed by atoms with Crippen molar-refractivity contribution in [1.82, 2.24) is 0 Å². The quantitative estimate of drug-likeness (QED) is 0.704. The minimum Gasteiger partial charge on any atom is -0.481 e. The number of carboxylic acid groups (broad SMARTS) is 1. The maximum absolute atomic E-state index is 10.0. The smallest absolute Gasteiger partial charge is 0.303 e. The second-order valence-corrected chi connectivity index (χ2v) is 3.13. The maximum Gasteiger partial charge on any atom is 0.303 e. The predicted molar refractivity (Wildman–Crippen MR) is 31.7 cm³/mol. The molecule has 0 aliphatic carbocycles. The van der Waals surface area contributed by atoms with Gasteiger partial charge in [-0.25, -0.2) is 0 Å². The van der Waals surface area contributed by atoms with E-state index in [-0.39, 0.29) is 44.5 Å². The number of carbonyl (C=O) groups is 1. The zero-order chi connectivity index (χ0) is 6.78. The topological polar surface area (TPSA) is 37.3 Å². The van der Waals surface area contributed by atoms with E-state index in [0.29, 0.717) is 0 Å². The second kappa shape index (κ2) is 4.40. The third kappa shape index (κ3) is 11.9. The molecule has 0 amide bonds. The Morgan fingerprint density at radius 1 is 1.44 bits per heavy atom. The summed E-state index contributed by atoms with van der Waals surface area (Å²) >= 11 is 0. The monoisotopic (exact) mass is 205 g/mol. The molecule has 0 atom stereocenters. The summed E-state index contributed by atoms with van der Waals surface area (Å²) in [5, 5.41) is 8.25. The van der Waals surface area contributed by atoms with E-state index in [4.69, 9.17) is 5.11 Å². The van der Waals surface area contributed by atoms with Crippen molar-refractivity contribution in [3.8, 4) is 0 Å². The normalized spacial score (nSPS) is 10.1. The Labute approximate surface area is 80.9 Å². The van der Waals surface area contributed by atoms with Crippen LogP contribution in [0.1, 0.15) is 27.2 Å². The average molecular weight is 205 g/mol. The Morgan fingerprint density at radius 3 is 1.78 bits per heavy atom. The van der Waals surface area contributed by atoms with Crippen LogP contribution in [0.3, 0.4) is 0 Å². The van der Waals surface area contributed by atoms with Crippen LogP contribution in [-0.4, -0.2) is 11.1 Å². The van der Waals surface area contributed by atoms with Crippen molar-refractivity contribution < 1.29 is 42.6 Å². The van der Waals surface area contributed by atoms with Crippen molar-refractivity contribution in [2.75, 3.05) is 0 Å². The molecule has 1 N–H and O–H groups in total. The first-order valence-corrected chi connectivity index (χ1v) is 2.63. The van der Waals surface area contributed by atoms with Crippen molar-refractivity contribution in [1.29, 1.82) is 0 Å². The zero-order valence-electron chi connectivity index (χ0n) is 6.14. The van der Waals surface area contributed by atoms with Gasteiger partial charge in [-0.2, -0.15) is 0 Å². The van der Waals surface area contributed by atoms with Gasteiger partial charge in [-0.3, -0.25) is 4.79 Å². The molecule has 9 heavy (non-hydrogen) atoms.